The van der Waals surface area contributed by atoms with Crippen molar-refractivity contribution in [3.8, 4) is 0 Å². The van der Waals surface area contributed by atoms with Crippen LogP contribution in [0, 0.1) is 0 Å². The second-order valence-electron chi connectivity index (χ2n) is 7.58. The molecule has 0 aliphatic carbocycles. The third kappa shape index (κ3) is 7.10. The van der Waals surface area contributed by atoms with E-state index in [4.69, 9.17) is 9.73 Å². The molecular weight excluding hydrogens is 342 g/mol. The topological polar surface area (TPSA) is 79.6 Å². The molecule has 0 bridgehead atoms. The minimum absolute atomic E-state index is 0.0206. The van der Waals surface area contributed by atoms with Gasteiger partial charge in [-0.25, -0.2) is 0 Å². The number of hydrogen-bond donors (Lipinski definition) is 2. The molecule has 27 heavy (non-hydrogen) atoms. The van der Waals surface area contributed by atoms with E-state index in [0.717, 1.165) is 77.1 Å². The number of aromatic nitrogens is 3. The number of morpholine rings is 1. The summed E-state index contributed by atoms with van der Waals surface area (Å²) in [4.78, 5) is 7.34. The van der Waals surface area contributed by atoms with Crippen molar-refractivity contribution in [3.05, 3.63) is 12.2 Å². The molecule has 1 aromatic rings. The highest BCUT2D eigenvalue weighted by molar-refractivity contribution is 5.79. The van der Waals surface area contributed by atoms with Gasteiger partial charge in [0, 0.05) is 44.7 Å². The Hall–Kier alpha value is -1.67. The number of ether oxygens (including phenoxy) is 1. The lowest BCUT2D eigenvalue weighted by molar-refractivity contribution is -0.00683. The fraction of sp³-hybridized carbons (Fsp3) is 0.842. The van der Waals surface area contributed by atoms with Crippen LogP contribution in [0.5, 0.6) is 0 Å². The molecule has 1 aromatic heterocycles. The van der Waals surface area contributed by atoms with E-state index in [2.05, 4.69) is 58.0 Å². The van der Waals surface area contributed by atoms with E-state index < -0.39 is 0 Å². The summed E-state index contributed by atoms with van der Waals surface area (Å²) in [6.45, 7) is 15.7. The molecule has 0 saturated carbocycles. The van der Waals surface area contributed by atoms with E-state index in [9.17, 15) is 0 Å². The highest BCUT2D eigenvalue weighted by Gasteiger charge is 2.28. The quantitative estimate of drug-likeness (QED) is 0.362. The van der Waals surface area contributed by atoms with Gasteiger partial charge in [-0.3, -0.25) is 9.89 Å². The van der Waals surface area contributed by atoms with Crippen molar-refractivity contribution in [2.45, 2.75) is 59.0 Å². The second kappa shape index (κ2) is 11.2. The molecule has 1 fully saturated rings. The molecule has 8 heteroatoms. The van der Waals surface area contributed by atoms with Gasteiger partial charge < -0.3 is 19.9 Å². The predicted octanol–water partition coefficient (Wildman–Crippen LogP) is 1.29. The maximum Gasteiger partial charge on any atom is 0.191 e. The standard InChI is InChI=1S/C19H37N7O/c1-5-7-8-20-18(21-9-10-25-16-23-24-17(25)6-2)22-15-19(3,4)26-11-13-27-14-12-26/h16H,5-15H2,1-4H3,(H2,20,21,22). The zero-order valence-corrected chi connectivity index (χ0v) is 17.5. The van der Waals surface area contributed by atoms with Crippen molar-refractivity contribution >= 4 is 5.96 Å². The number of unbranched alkanes of at least 4 members (excludes halogenated alkanes) is 1. The third-order valence-electron chi connectivity index (χ3n) is 4.97. The first kappa shape index (κ1) is 21.6. The first-order valence-corrected chi connectivity index (χ1v) is 10.3. The molecule has 2 rings (SSSR count). The summed E-state index contributed by atoms with van der Waals surface area (Å²) in [5, 5.41) is 15.1. The molecule has 0 aromatic carbocycles. The Morgan fingerprint density at radius 3 is 2.67 bits per heavy atom. The largest absolute Gasteiger partial charge is 0.379 e. The molecule has 1 aliphatic rings. The summed E-state index contributed by atoms with van der Waals surface area (Å²) in [6.07, 6.45) is 4.99. The molecule has 0 unspecified atom stereocenters. The van der Waals surface area contributed by atoms with Crippen LogP contribution >= 0.6 is 0 Å². The lowest BCUT2D eigenvalue weighted by atomic mass is 10.0. The molecular formula is C19H37N7O. The minimum atomic E-state index is 0.0206. The minimum Gasteiger partial charge on any atom is -0.379 e. The lowest BCUT2D eigenvalue weighted by Crippen LogP contribution is -2.52. The molecule has 0 amide bonds. The monoisotopic (exact) mass is 379 g/mol. The average molecular weight is 380 g/mol. The zero-order chi connectivity index (χ0) is 19.5. The third-order valence-corrected chi connectivity index (χ3v) is 4.97. The van der Waals surface area contributed by atoms with Gasteiger partial charge in [0.1, 0.15) is 12.2 Å². The summed E-state index contributed by atoms with van der Waals surface area (Å²) in [5.74, 6) is 1.90. The van der Waals surface area contributed by atoms with Gasteiger partial charge in [-0.1, -0.05) is 20.3 Å². The van der Waals surface area contributed by atoms with Crippen LogP contribution in [0.1, 0.15) is 46.4 Å². The number of hydrogen-bond acceptors (Lipinski definition) is 5. The molecule has 2 N–H and O–H groups in total. The Balaban J connectivity index is 1.90. The van der Waals surface area contributed by atoms with E-state index in [1.807, 2.05) is 0 Å². The van der Waals surface area contributed by atoms with Crippen molar-refractivity contribution in [1.29, 1.82) is 0 Å². The molecule has 1 aliphatic heterocycles. The first-order chi connectivity index (χ1) is 13.1. The molecule has 154 valence electrons. The zero-order valence-electron chi connectivity index (χ0n) is 17.5. The summed E-state index contributed by atoms with van der Waals surface area (Å²) in [6, 6.07) is 0. The van der Waals surface area contributed by atoms with Crippen LogP contribution in [0.25, 0.3) is 0 Å². The Labute approximate surface area is 163 Å². The Bertz CT molecular complexity index is 564. The van der Waals surface area contributed by atoms with Crippen LogP contribution in [-0.4, -0.2) is 77.1 Å². The van der Waals surface area contributed by atoms with Crippen LogP contribution in [0.2, 0.25) is 0 Å². The Kier molecular flexibility index (Phi) is 9.00. The van der Waals surface area contributed by atoms with Gasteiger partial charge in [0.15, 0.2) is 5.96 Å². The number of rotatable bonds is 10. The van der Waals surface area contributed by atoms with Gasteiger partial charge in [0.2, 0.25) is 0 Å². The fourth-order valence-electron chi connectivity index (χ4n) is 3.13. The summed E-state index contributed by atoms with van der Waals surface area (Å²) in [5.41, 5.74) is 0.0206. The molecule has 1 saturated heterocycles. The average Bonchev–Trinajstić information content (AvgIpc) is 3.14. The van der Waals surface area contributed by atoms with Crippen molar-refractivity contribution in [2.24, 2.45) is 4.99 Å². The van der Waals surface area contributed by atoms with E-state index >= 15 is 0 Å². The predicted molar refractivity (Wildman–Crippen MR) is 109 cm³/mol. The van der Waals surface area contributed by atoms with E-state index in [-0.39, 0.29) is 5.54 Å². The number of aryl methyl sites for hydroxylation is 1. The van der Waals surface area contributed by atoms with Crippen LogP contribution < -0.4 is 10.6 Å². The number of nitrogens with one attached hydrogen (secondary N) is 2. The van der Waals surface area contributed by atoms with E-state index in [1.165, 1.54) is 6.42 Å². The molecule has 2 heterocycles. The maximum absolute atomic E-state index is 5.48. The molecule has 0 spiro atoms. The van der Waals surface area contributed by atoms with Crippen molar-refractivity contribution < 1.29 is 4.74 Å². The molecule has 8 nitrogen and oxygen atoms in total. The van der Waals surface area contributed by atoms with Crippen LogP contribution in [-0.2, 0) is 17.7 Å². The van der Waals surface area contributed by atoms with Gasteiger partial charge in [0.05, 0.1) is 19.8 Å². The van der Waals surface area contributed by atoms with Crippen molar-refractivity contribution in [3.63, 3.8) is 0 Å². The normalized spacial score (nSPS) is 16.5. The van der Waals surface area contributed by atoms with Crippen LogP contribution in [0.15, 0.2) is 11.3 Å². The highest BCUT2D eigenvalue weighted by Crippen LogP contribution is 2.16. The van der Waals surface area contributed by atoms with Gasteiger partial charge >= 0.3 is 0 Å². The highest BCUT2D eigenvalue weighted by atomic mass is 16.5. The van der Waals surface area contributed by atoms with Gasteiger partial charge in [-0.05, 0) is 20.3 Å². The number of guanidine groups is 1. The summed E-state index contributed by atoms with van der Waals surface area (Å²) < 4.78 is 7.57. The Morgan fingerprint density at radius 2 is 1.96 bits per heavy atom. The molecule has 0 radical (unpaired) electrons. The fourth-order valence-corrected chi connectivity index (χ4v) is 3.13. The van der Waals surface area contributed by atoms with Crippen LogP contribution in [0.4, 0.5) is 0 Å². The second-order valence-corrected chi connectivity index (χ2v) is 7.58. The van der Waals surface area contributed by atoms with Crippen molar-refractivity contribution in [1.82, 2.24) is 30.3 Å². The van der Waals surface area contributed by atoms with E-state index in [1.54, 1.807) is 6.33 Å². The van der Waals surface area contributed by atoms with Crippen LogP contribution in [0.3, 0.4) is 0 Å². The summed E-state index contributed by atoms with van der Waals surface area (Å²) in [7, 11) is 0. The molecule has 0 atom stereocenters. The summed E-state index contributed by atoms with van der Waals surface area (Å²) >= 11 is 0. The maximum atomic E-state index is 5.48. The number of nitrogens with zero attached hydrogens (tertiary/aromatic N) is 5. The van der Waals surface area contributed by atoms with Gasteiger partial charge in [0.25, 0.3) is 0 Å². The Morgan fingerprint density at radius 1 is 1.22 bits per heavy atom. The SMILES string of the molecule is CCCCNC(=NCC(C)(C)N1CCOCC1)NCCn1cnnc1CC. The first-order valence-electron chi connectivity index (χ1n) is 10.3. The smallest absolute Gasteiger partial charge is 0.191 e. The van der Waals surface area contributed by atoms with E-state index in [0.29, 0.717) is 0 Å². The number of aliphatic imine (C=N–C) groups is 1. The van der Waals surface area contributed by atoms with Crippen molar-refractivity contribution in [2.75, 3.05) is 45.9 Å². The van der Waals surface area contributed by atoms with Gasteiger partial charge in [-0.15, -0.1) is 10.2 Å². The van der Waals surface area contributed by atoms with Gasteiger partial charge in [-0.2, -0.15) is 0 Å². The lowest BCUT2D eigenvalue weighted by Gasteiger charge is -2.39.